The monoisotopic (exact) mass is 369 g/mol. The van der Waals surface area contributed by atoms with Gasteiger partial charge in [0.05, 0.1) is 23.7 Å². The lowest BCUT2D eigenvalue weighted by atomic mass is 9.67. The van der Waals surface area contributed by atoms with Crippen LogP contribution in [0.25, 0.3) is 11.0 Å². The Morgan fingerprint density at radius 2 is 2.27 bits per heavy atom. The highest BCUT2D eigenvalue weighted by Gasteiger charge is 2.54. The molecule has 1 saturated carbocycles. The fraction of sp³-hybridized carbons (Fsp3) is 0.529. The van der Waals surface area contributed by atoms with Crippen molar-refractivity contribution in [1.82, 2.24) is 15.3 Å². The van der Waals surface area contributed by atoms with E-state index in [1.165, 1.54) is 18.2 Å². The summed E-state index contributed by atoms with van der Waals surface area (Å²) >= 11 is 0. The Bertz CT molecular complexity index is 836. The summed E-state index contributed by atoms with van der Waals surface area (Å²) < 4.78 is 49.2. The molecule has 4 rings (SSSR count). The molecule has 2 heterocycles. The van der Waals surface area contributed by atoms with Crippen molar-refractivity contribution in [3.63, 3.8) is 0 Å². The molecule has 2 aliphatic rings. The van der Waals surface area contributed by atoms with Crippen LogP contribution in [-0.4, -0.2) is 48.3 Å². The molecule has 1 saturated heterocycles. The average Bonchev–Trinajstić information content (AvgIpc) is 3.20. The smallest absolute Gasteiger partial charge is 0.384 e. The molecule has 0 unspecified atom stereocenters. The maximum atomic E-state index is 12.8. The van der Waals surface area contributed by atoms with Gasteiger partial charge in [-0.3, -0.25) is 4.79 Å². The minimum Gasteiger partial charge on any atom is -0.384 e. The third kappa shape index (κ3) is 2.84. The first kappa shape index (κ1) is 17.3. The molecule has 0 spiro atoms. The maximum absolute atomic E-state index is 12.8. The number of carbonyl (C=O) groups excluding carboxylic acids is 1. The van der Waals surface area contributed by atoms with Crippen LogP contribution in [-0.2, 0) is 15.7 Å². The highest BCUT2D eigenvalue weighted by Crippen LogP contribution is 2.43. The number of benzene rings is 1. The third-order valence-corrected chi connectivity index (χ3v) is 5.20. The molecule has 0 bridgehead atoms. The largest absolute Gasteiger partial charge is 0.449 e. The predicted octanol–water partition coefficient (Wildman–Crippen LogP) is 2.36. The molecule has 1 amide bonds. The summed E-state index contributed by atoms with van der Waals surface area (Å²) in [6, 6.07) is 4.22. The zero-order valence-electron chi connectivity index (χ0n) is 14.0. The summed E-state index contributed by atoms with van der Waals surface area (Å²) in [7, 11) is 1.60. The number of aromatic nitrogens is 2. The number of hydrogen-bond acceptors (Lipinski definition) is 4. The molecule has 140 valence electrons. The van der Waals surface area contributed by atoms with Crippen LogP contribution in [0.2, 0.25) is 0 Å². The minimum absolute atomic E-state index is 0.0573. The first-order valence-electron chi connectivity index (χ1n) is 8.37. The molecule has 6 nitrogen and oxygen atoms in total. The van der Waals surface area contributed by atoms with Gasteiger partial charge in [0.1, 0.15) is 0 Å². The average molecular weight is 369 g/mol. The number of hydrogen-bond donors (Lipinski definition) is 2. The lowest BCUT2D eigenvalue weighted by molar-refractivity contribution is -0.144. The number of nitrogens with zero attached hydrogens (tertiary/aromatic N) is 1. The fourth-order valence-electron chi connectivity index (χ4n) is 3.95. The van der Waals surface area contributed by atoms with Crippen molar-refractivity contribution < 1.29 is 27.4 Å². The van der Waals surface area contributed by atoms with Crippen molar-refractivity contribution >= 4 is 16.9 Å². The van der Waals surface area contributed by atoms with Crippen LogP contribution in [0, 0.1) is 11.8 Å². The molecule has 0 radical (unpaired) electrons. The molecule has 9 heteroatoms. The van der Waals surface area contributed by atoms with E-state index < -0.39 is 12.0 Å². The summed E-state index contributed by atoms with van der Waals surface area (Å²) in [6.45, 7) is 1.16. The van der Waals surface area contributed by atoms with Gasteiger partial charge >= 0.3 is 6.18 Å². The first-order chi connectivity index (χ1) is 12.4. The molecule has 2 fully saturated rings. The Hall–Kier alpha value is -2.13. The Morgan fingerprint density at radius 3 is 3.00 bits per heavy atom. The van der Waals surface area contributed by atoms with Crippen LogP contribution in [0.1, 0.15) is 22.6 Å². The number of rotatable bonds is 4. The topological polar surface area (TPSA) is 76.2 Å². The van der Waals surface area contributed by atoms with Gasteiger partial charge in [0.2, 0.25) is 5.82 Å². The van der Waals surface area contributed by atoms with Crippen LogP contribution in [0.3, 0.4) is 0 Å². The number of aromatic amines is 1. The molecular weight excluding hydrogens is 351 g/mol. The van der Waals surface area contributed by atoms with Gasteiger partial charge in [0, 0.05) is 37.2 Å². The van der Waals surface area contributed by atoms with Crippen molar-refractivity contribution in [3.05, 3.63) is 29.6 Å². The minimum atomic E-state index is -4.56. The number of halogens is 3. The SMILES string of the molecule is COC[C@H]1[C@@H](NC(=O)c2ccc3nc(C(F)(F)F)[nH]c3c2)[C@H]2CCO[C@H]21. The van der Waals surface area contributed by atoms with Crippen molar-refractivity contribution in [2.24, 2.45) is 11.8 Å². The molecule has 2 N–H and O–H groups in total. The van der Waals surface area contributed by atoms with E-state index in [1.54, 1.807) is 7.11 Å². The van der Waals surface area contributed by atoms with E-state index in [0.29, 0.717) is 13.2 Å². The third-order valence-electron chi connectivity index (χ3n) is 5.20. The second kappa shape index (κ2) is 6.24. The van der Waals surface area contributed by atoms with Gasteiger partial charge < -0.3 is 19.8 Å². The van der Waals surface area contributed by atoms with Gasteiger partial charge in [0.25, 0.3) is 5.91 Å². The fourth-order valence-corrected chi connectivity index (χ4v) is 3.95. The van der Waals surface area contributed by atoms with E-state index >= 15 is 0 Å². The first-order valence-corrected chi connectivity index (χ1v) is 8.37. The van der Waals surface area contributed by atoms with E-state index in [-0.39, 0.29) is 46.5 Å². The summed E-state index contributed by atoms with van der Waals surface area (Å²) in [5.41, 5.74) is 0.626. The molecular formula is C17H18F3N3O3. The van der Waals surface area contributed by atoms with Gasteiger partial charge in [-0.1, -0.05) is 0 Å². The van der Waals surface area contributed by atoms with Gasteiger partial charge in [-0.25, -0.2) is 4.98 Å². The Labute approximate surface area is 147 Å². The molecule has 1 aromatic carbocycles. The van der Waals surface area contributed by atoms with Crippen LogP contribution < -0.4 is 5.32 Å². The van der Waals surface area contributed by atoms with Crippen molar-refractivity contribution in [3.8, 4) is 0 Å². The van der Waals surface area contributed by atoms with E-state index in [2.05, 4.69) is 15.3 Å². The van der Waals surface area contributed by atoms with Crippen LogP contribution in [0.4, 0.5) is 13.2 Å². The van der Waals surface area contributed by atoms with Gasteiger partial charge in [-0.15, -0.1) is 0 Å². The summed E-state index contributed by atoms with van der Waals surface area (Å²) in [5.74, 6) is -1.06. The van der Waals surface area contributed by atoms with Crippen LogP contribution in [0.15, 0.2) is 18.2 Å². The Balaban J connectivity index is 1.52. The van der Waals surface area contributed by atoms with Crippen molar-refractivity contribution in [2.75, 3.05) is 20.3 Å². The quantitative estimate of drug-likeness (QED) is 0.868. The number of carbonyl (C=O) groups is 1. The lowest BCUT2D eigenvalue weighted by Crippen LogP contribution is -2.62. The second-order valence-electron chi connectivity index (χ2n) is 6.72. The Kier molecular flexibility index (Phi) is 4.15. The number of H-pyrrole nitrogens is 1. The molecule has 26 heavy (non-hydrogen) atoms. The number of imidazole rings is 1. The van der Waals surface area contributed by atoms with Crippen molar-refractivity contribution in [1.29, 1.82) is 0 Å². The highest BCUT2D eigenvalue weighted by atomic mass is 19.4. The maximum Gasteiger partial charge on any atom is 0.449 e. The summed E-state index contributed by atoms with van der Waals surface area (Å²) in [5, 5.41) is 2.99. The molecule has 1 aliphatic carbocycles. The molecule has 4 atom stereocenters. The van der Waals surface area contributed by atoms with E-state index in [4.69, 9.17) is 9.47 Å². The summed E-state index contributed by atoms with van der Waals surface area (Å²) in [4.78, 5) is 18.3. The predicted molar refractivity (Wildman–Crippen MR) is 85.6 cm³/mol. The van der Waals surface area contributed by atoms with Crippen LogP contribution >= 0.6 is 0 Å². The highest BCUT2D eigenvalue weighted by molar-refractivity contribution is 5.97. The normalized spacial score (nSPS) is 28.0. The molecule has 1 aromatic heterocycles. The van der Waals surface area contributed by atoms with E-state index in [1.807, 2.05) is 0 Å². The van der Waals surface area contributed by atoms with E-state index in [9.17, 15) is 18.0 Å². The second-order valence-corrected chi connectivity index (χ2v) is 6.72. The molecule has 1 aliphatic heterocycles. The summed E-state index contributed by atoms with van der Waals surface area (Å²) in [6.07, 6.45) is -3.58. The zero-order valence-corrected chi connectivity index (χ0v) is 14.0. The van der Waals surface area contributed by atoms with Gasteiger partial charge in [-0.05, 0) is 24.6 Å². The van der Waals surface area contributed by atoms with Crippen molar-refractivity contribution in [2.45, 2.75) is 24.7 Å². The zero-order chi connectivity index (χ0) is 18.5. The standard InChI is InChI=1S/C17H18F3N3O3/c1-25-7-10-13(9-4-5-26-14(9)10)23-15(24)8-2-3-11-12(6-8)22-16(21-11)17(18,19)20/h2-3,6,9-10,13-14H,4-5,7H2,1H3,(H,21,22)(H,23,24)/t9-,10+,13+,14-/m1/s1. The Morgan fingerprint density at radius 1 is 1.46 bits per heavy atom. The van der Waals surface area contributed by atoms with Gasteiger partial charge in [-0.2, -0.15) is 13.2 Å². The number of methoxy groups -OCH3 is 1. The molecule has 2 aromatic rings. The van der Waals surface area contributed by atoms with E-state index in [0.717, 1.165) is 6.42 Å². The van der Waals surface area contributed by atoms with Crippen LogP contribution in [0.5, 0.6) is 0 Å². The number of fused-ring (bicyclic) bond motifs is 2. The lowest BCUT2D eigenvalue weighted by Gasteiger charge is -2.47. The number of amides is 1. The number of alkyl halides is 3. The van der Waals surface area contributed by atoms with Gasteiger partial charge in [0.15, 0.2) is 0 Å². The number of ether oxygens (including phenoxy) is 2. The number of nitrogens with one attached hydrogen (secondary N) is 2.